The molecular weight excluding hydrogens is 402 g/mol. The minimum absolute atomic E-state index is 0.631. The van der Waals surface area contributed by atoms with Crippen LogP contribution in [0, 0.1) is 0 Å². The van der Waals surface area contributed by atoms with E-state index >= 15 is 0 Å². The highest BCUT2D eigenvalue weighted by Crippen LogP contribution is 2.29. The van der Waals surface area contributed by atoms with Crippen molar-refractivity contribution in [2.45, 2.75) is 6.54 Å². The molecule has 0 saturated heterocycles. The topological polar surface area (TPSA) is 63.6 Å². The Labute approximate surface area is 184 Å². The maximum atomic E-state index is 4.85. The molecule has 0 aliphatic heterocycles. The molecule has 0 saturated carbocycles. The van der Waals surface area contributed by atoms with Crippen LogP contribution in [0.25, 0.3) is 33.1 Å². The Kier molecular flexibility index (Phi) is 5.45. The summed E-state index contributed by atoms with van der Waals surface area (Å²) < 4.78 is 0. The summed E-state index contributed by atoms with van der Waals surface area (Å²) in [5, 5.41) is 5.48. The fraction of sp³-hybridized carbons (Fsp3) is 0.0400. The summed E-state index contributed by atoms with van der Waals surface area (Å²) in [6.07, 6.45) is 7.35. The third-order valence-electron chi connectivity index (χ3n) is 4.79. The molecule has 0 aliphatic rings. The van der Waals surface area contributed by atoms with E-state index in [1.165, 1.54) is 4.88 Å². The van der Waals surface area contributed by atoms with E-state index < -0.39 is 0 Å². The zero-order valence-electron chi connectivity index (χ0n) is 16.6. The molecule has 5 rings (SSSR count). The Morgan fingerprint density at radius 1 is 0.742 bits per heavy atom. The van der Waals surface area contributed by atoms with Gasteiger partial charge in [0.05, 0.1) is 5.69 Å². The van der Waals surface area contributed by atoms with Crippen molar-refractivity contribution in [2.24, 2.45) is 0 Å². The SMILES string of the molecule is c1ccc(-c2nc(NCc3cccnc3)cc(-c3cncc(-c4cccs4)c3)n2)cc1. The standard InChI is InChI=1S/C25H19N5S/c1-2-7-19(8-3-1)25-29-22(13-24(30-25)28-15-18-6-4-10-26-14-18)20-12-21(17-27-16-20)23-9-5-11-31-23/h1-14,16-17H,15H2,(H,28,29,30). The fourth-order valence-corrected chi connectivity index (χ4v) is 3.96. The third-order valence-corrected chi connectivity index (χ3v) is 5.71. The maximum Gasteiger partial charge on any atom is 0.162 e. The zero-order valence-corrected chi connectivity index (χ0v) is 17.5. The number of hydrogen-bond acceptors (Lipinski definition) is 6. The Morgan fingerprint density at radius 2 is 1.65 bits per heavy atom. The molecule has 31 heavy (non-hydrogen) atoms. The quantitative estimate of drug-likeness (QED) is 0.367. The van der Waals surface area contributed by atoms with E-state index in [9.17, 15) is 0 Å². The van der Waals surface area contributed by atoms with Gasteiger partial charge in [0, 0.05) is 59.0 Å². The number of hydrogen-bond donors (Lipinski definition) is 1. The summed E-state index contributed by atoms with van der Waals surface area (Å²) in [5.41, 5.74) is 4.92. The lowest BCUT2D eigenvalue weighted by atomic mass is 10.1. The van der Waals surface area contributed by atoms with Crippen molar-refractivity contribution in [3.05, 3.63) is 102 Å². The van der Waals surface area contributed by atoms with E-state index in [1.54, 1.807) is 17.5 Å². The third kappa shape index (κ3) is 4.49. The molecule has 150 valence electrons. The number of anilines is 1. The number of nitrogens with zero attached hydrogens (tertiary/aromatic N) is 4. The van der Waals surface area contributed by atoms with Crippen molar-refractivity contribution in [2.75, 3.05) is 5.32 Å². The first-order chi connectivity index (χ1) is 15.3. The first-order valence-corrected chi connectivity index (χ1v) is 10.8. The lowest BCUT2D eigenvalue weighted by molar-refractivity contribution is 1.07. The molecule has 1 N–H and O–H groups in total. The summed E-state index contributed by atoms with van der Waals surface area (Å²) in [6, 6.07) is 22.2. The predicted octanol–water partition coefficient (Wildman–Crippen LogP) is 5.94. The van der Waals surface area contributed by atoms with E-state index in [4.69, 9.17) is 9.97 Å². The second-order valence-corrected chi connectivity index (χ2v) is 7.93. The lowest BCUT2D eigenvalue weighted by Crippen LogP contribution is -2.04. The van der Waals surface area contributed by atoms with Gasteiger partial charge in [-0.3, -0.25) is 9.97 Å². The highest BCUT2D eigenvalue weighted by Gasteiger charge is 2.11. The molecule has 0 amide bonds. The number of pyridine rings is 2. The average Bonchev–Trinajstić information content (AvgIpc) is 3.39. The second-order valence-electron chi connectivity index (χ2n) is 6.98. The molecular formula is C25H19N5S. The highest BCUT2D eigenvalue weighted by molar-refractivity contribution is 7.13. The van der Waals surface area contributed by atoms with Gasteiger partial charge in [-0.05, 0) is 29.1 Å². The molecule has 0 radical (unpaired) electrons. The molecule has 0 atom stereocenters. The molecule has 5 aromatic rings. The van der Waals surface area contributed by atoms with Crippen LogP contribution in [0.3, 0.4) is 0 Å². The van der Waals surface area contributed by atoms with Gasteiger partial charge in [0.1, 0.15) is 5.82 Å². The molecule has 0 bridgehead atoms. The molecule has 0 fully saturated rings. The summed E-state index contributed by atoms with van der Waals surface area (Å²) >= 11 is 1.70. The second kappa shape index (κ2) is 8.85. The number of nitrogens with one attached hydrogen (secondary N) is 1. The number of benzene rings is 1. The van der Waals surface area contributed by atoms with Crippen LogP contribution in [0.15, 0.2) is 96.9 Å². The zero-order chi connectivity index (χ0) is 20.9. The largest absolute Gasteiger partial charge is 0.366 e. The fourth-order valence-electron chi connectivity index (χ4n) is 3.25. The molecule has 1 aromatic carbocycles. The van der Waals surface area contributed by atoms with Crippen LogP contribution in [0.4, 0.5) is 5.82 Å². The predicted molar refractivity (Wildman–Crippen MR) is 126 cm³/mol. The minimum Gasteiger partial charge on any atom is -0.366 e. The van der Waals surface area contributed by atoms with Gasteiger partial charge in [0.25, 0.3) is 0 Å². The number of aromatic nitrogens is 4. The van der Waals surface area contributed by atoms with Gasteiger partial charge in [-0.2, -0.15) is 0 Å². The van der Waals surface area contributed by atoms with Crippen LogP contribution in [-0.4, -0.2) is 19.9 Å². The van der Waals surface area contributed by atoms with Crippen molar-refractivity contribution in [1.29, 1.82) is 0 Å². The van der Waals surface area contributed by atoms with Gasteiger partial charge in [-0.25, -0.2) is 9.97 Å². The molecule has 4 aromatic heterocycles. The van der Waals surface area contributed by atoms with Crippen LogP contribution >= 0.6 is 11.3 Å². The van der Waals surface area contributed by atoms with Crippen molar-refractivity contribution < 1.29 is 0 Å². The van der Waals surface area contributed by atoms with Gasteiger partial charge < -0.3 is 5.32 Å². The number of thiophene rings is 1. The smallest absolute Gasteiger partial charge is 0.162 e. The van der Waals surface area contributed by atoms with E-state index in [-0.39, 0.29) is 0 Å². The van der Waals surface area contributed by atoms with Gasteiger partial charge in [-0.1, -0.05) is 42.5 Å². The van der Waals surface area contributed by atoms with E-state index in [2.05, 4.69) is 32.8 Å². The summed E-state index contributed by atoms with van der Waals surface area (Å²) in [7, 11) is 0. The van der Waals surface area contributed by atoms with Crippen molar-refractivity contribution >= 4 is 17.2 Å². The highest BCUT2D eigenvalue weighted by atomic mass is 32.1. The van der Waals surface area contributed by atoms with Gasteiger partial charge in [-0.15, -0.1) is 11.3 Å². The first kappa shape index (κ1) is 19.1. The monoisotopic (exact) mass is 421 g/mol. The Hall–Kier alpha value is -3.90. The minimum atomic E-state index is 0.631. The molecule has 0 unspecified atom stereocenters. The van der Waals surface area contributed by atoms with E-state index in [1.807, 2.05) is 73.2 Å². The van der Waals surface area contributed by atoms with E-state index in [0.717, 1.165) is 33.8 Å². The summed E-state index contributed by atoms with van der Waals surface area (Å²) in [6.45, 7) is 0.631. The molecule has 4 heterocycles. The molecule has 0 aliphatic carbocycles. The van der Waals surface area contributed by atoms with Crippen molar-refractivity contribution in [3.8, 4) is 33.1 Å². The van der Waals surface area contributed by atoms with Gasteiger partial charge in [0.15, 0.2) is 5.82 Å². The normalized spacial score (nSPS) is 10.7. The van der Waals surface area contributed by atoms with Gasteiger partial charge >= 0.3 is 0 Å². The number of rotatable bonds is 6. The first-order valence-electron chi connectivity index (χ1n) is 9.92. The van der Waals surface area contributed by atoms with Crippen LogP contribution in [0.1, 0.15) is 5.56 Å². The maximum absolute atomic E-state index is 4.85. The Balaban J connectivity index is 1.54. The van der Waals surface area contributed by atoms with E-state index in [0.29, 0.717) is 12.4 Å². The van der Waals surface area contributed by atoms with Crippen LogP contribution in [0.5, 0.6) is 0 Å². The average molecular weight is 422 g/mol. The Bertz CT molecular complexity index is 1270. The Morgan fingerprint density at radius 3 is 2.45 bits per heavy atom. The van der Waals surface area contributed by atoms with Crippen molar-refractivity contribution in [1.82, 2.24) is 19.9 Å². The molecule has 6 heteroatoms. The van der Waals surface area contributed by atoms with Crippen LogP contribution in [0.2, 0.25) is 0 Å². The van der Waals surface area contributed by atoms with Crippen molar-refractivity contribution in [3.63, 3.8) is 0 Å². The summed E-state index contributed by atoms with van der Waals surface area (Å²) in [5.74, 6) is 1.43. The van der Waals surface area contributed by atoms with Crippen LogP contribution < -0.4 is 5.32 Å². The molecule has 0 spiro atoms. The summed E-state index contributed by atoms with van der Waals surface area (Å²) in [4.78, 5) is 19.4. The molecule has 5 nitrogen and oxygen atoms in total. The van der Waals surface area contributed by atoms with Crippen LogP contribution in [-0.2, 0) is 6.54 Å². The van der Waals surface area contributed by atoms with Gasteiger partial charge in [0.2, 0.25) is 0 Å². The lowest BCUT2D eigenvalue weighted by Gasteiger charge is -2.11.